The van der Waals surface area contributed by atoms with Gasteiger partial charge in [-0.2, -0.15) is 0 Å². The van der Waals surface area contributed by atoms with Crippen LogP contribution in [-0.2, 0) is 17.9 Å². The van der Waals surface area contributed by atoms with Crippen LogP contribution < -0.4 is 27.4 Å². The highest BCUT2D eigenvalue weighted by Gasteiger charge is 2.21. The number of carboxylic acids is 1. The van der Waals surface area contributed by atoms with Gasteiger partial charge in [0.1, 0.15) is 0 Å². The van der Waals surface area contributed by atoms with E-state index >= 15 is 0 Å². The highest BCUT2D eigenvalue weighted by atomic mass is 35.5. The highest BCUT2D eigenvalue weighted by Crippen LogP contribution is 2.30. The Kier molecular flexibility index (Phi) is 6.95. The van der Waals surface area contributed by atoms with Crippen molar-refractivity contribution in [2.24, 2.45) is 4.99 Å². The third kappa shape index (κ3) is 5.23. The number of benzene rings is 2. The first-order chi connectivity index (χ1) is 16.6. The molecule has 0 unspecified atom stereocenters. The fourth-order valence-electron chi connectivity index (χ4n) is 4.12. The number of anilines is 1. The third-order valence-electron chi connectivity index (χ3n) is 5.81. The van der Waals surface area contributed by atoms with Gasteiger partial charge in [-0.05, 0) is 62.2 Å². The topological polar surface area (TPSA) is 125 Å². The zero-order valence-electron chi connectivity index (χ0n) is 19.7. The molecule has 184 valence electrons. The van der Waals surface area contributed by atoms with E-state index in [1.165, 1.54) is 11.5 Å². The van der Waals surface area contributed by atoms with Crippen LogP contribution in [0.1, 0.15) is 44.4 Å². The summed E-state index contributed by atoms with van der Waals surface area (Å²) in [5.41, 5.74) is 5.48. The van der Waals surface area contributed by atoms with Gasteiger partial charge in [0.25, 0.3) is 0 Å². The Balaban J connectivity index is 1.85. The van der Waals surface area contributed by atoms with Gasteiger partial charge in [-0.15, -0.1) is 0 Å². The summed E-state index contributed by atoms with van der Waals surface area (Å²) in [5, 5.41) is 11.8. The van der Waals surface area contributed by atoms with E-state index in [2.05, 4.69) is 34.3 Å². The van der Waals surface area contributed by atoms with Gasteiger partial charge in [0, 0.05) is 17.6 Å². The van der Waals surface area contributed by atoms with Crippen molar-refractivity contribution in [1.82, 2.24) is 19.5 Å². The predicted molar refractivity (Wildman–Crippen MR) is 133 cm³/mol. The van der Waals surface area contributed by atoms with Gasteiger partial charge in [-0.3, -0.25) is 14.3 Å². The van der Waals surface area contributed by atoms with E-state index in [-0.39, 0.29) is 24.6 Å². The van der Waals surface area contributed by atoms with E-state index in [1.807, 2.05) is 18.2 Å². The molecule has 3 N–H and O–H groups in total. The normalized spacial score (nSPS) is 14.4. The van der Waals surface area contributed by atoms with Crippen molar-refractivity contribution >= 4 is 28.9 Å². The second kappa shape index (κ2) is 9.93. The molecule has 35 heavy (non-hydrogen) atoms. The summed E-state index contributed by atoms with van der Waals surface area (Å²) < 4.78 is 2.24. The van der Waals surface area contributed by atoms with Gasteiger partial charge in [-0.1, -0.05) is 23.7 Å². The van der Waals surface area contributed by atoms with Crippen LogP contribution in [0.2, 0.25) is 5.02 Å². The quantitative estimate of drug-likeness (QED) is 0.460. The summed E-state index contributed by atoms with van der Waals surface area (Å²) in [6.45, 7) is 6.45. The summed E-state index contributed by atoms with van der Waals surface area (Å²) in [6, 6.07) is 12.1. The average molecular weight is 499 g/mol. The first kappa shape index (κ1) is 24.5. The molecule has 0 fully saturated rings. The van der Waals surface area contributed by atoms with Crippen LogP contribution in [0.5, 0.6) is 0 Å². The fourth-order valence-corrected chi connectivity index (χ4v) is 4.25. The SMILES string of the molecule is CC(C)N1NCc2cc(/N=c3\[nH]c(=O)n([C@@H](C)CC(=O)O)c(=O)n3Cc3ccc(Cl)cc3)ccc21. The molecule has 0 saturated carbocycles. The lowest BCUT2D eigenvalue weighted by Crippen LogP contribution is -2.51. The van der Waals surface area contributed by atoms with E-state index in [9.17, 15) is 14.4 Å². The molecule has 1 aliphatic rings. The number of nitrogens with one attached hydrogen (secondary N) is 2. The minimum absolute atomic E-state index is 0.0698. The van der Waals surface area contributed by atoms with Crippen molar-refractivity contribution in [3.8, 4) is 0 Å². The minimum atomic E-state index is -1.11. The number of fused-ring (bicyclic) bond motifs is 1. The number of aromatic nitrogens is 3. The van der Waals surface area contributed by atoms with E-state index in [0.29, 0.717) is 17.3 Å². The average Bonchev–Trinajstić information content (AvgIpc) is 3.21. The Bertz CT molecular complexity index is 1440. The first-order valence-corrected chi connectivity index (χ1v) is 11.6. The van der Waals surface area contributed by atoms with Crippen LogP contribution in [0, 0.1) is 0 Å². The van der Waals surface area contributed by atoms with Gasteiger partial charge in [0.15, 0.2) is 0 Å². The molecule has 0 saturated heterocycles. The molecule has 0 aliphatic carbocycles. The molecule has 0 bridgehead atoms. The number of aliphatic carboxylic acids is 1. The van der Waals surface area contributed by atoms with Crippen LogP contribution in [0.15, 0.2) is 57.0 Å². The van der Waals surface area contributed by atoms with Crippen LogP contribution in [0.3, 0.4) is 0 Å². The maximum atomic E-state index is 13.4. The summed E-state index contributed by atoms with van der Waals surface area (Å²) in [6.07, 6.45) is -0.370. The summed E-state index contributed by atoms with van der Waals surface area (Å²) in [5.74, 6) is -1.11. The molecule has 2 heterocycles. The molecule has 1 aromatic heterocycles. The van der Waals surface area contributed by atoms with Crippen molar-refractivity contribution in [3.63, 3.8) is 0 Å². The van der Waals surface area contributed by atoms with Gasteiger partial charge in [0.2, 0.25) is 5.62 Å². The van der Waals surface area contributed by atoms with Crippen molar-refractivity contribution in [2.45, 2.75) is 52.4 Å². The fraction of sp³-hybridized carbons (Fsp3) is 0.333. The largest absolute Gasteiger partial charge is 0.481 e. The van der Waals surface area contributed by atoms with E-state index < -0.39 is 23.4 Å². The molecular weight excluding hydrogens is 472 g/mol. The lowest BCUT2D eigenvalue weighted by molar-refractivity contribution is -0.137. The number of nitrogens with zero attached hydrogens (tertiary/aromatic N) is 4. The lowest BCUT2D eigenvalue weighted by atomic mass is 10.1. The van der Waals surface area contributed by atoms with Crippen LogP contribution in [-0.4, -0.2) is 31.2 Å². The first-order valence-electron chi connectivity index (χ1n) is 11.3. The van der Waals surface area contributed by atoms with Gasteiger partial charge < -0.3 is 10.1 Å². The van der Waals surface area contributed by atoms with Crippen LogP contribution >= 0.6 is 11.6 Å². The Morgan fingerprint density at radius 2 is 1.86 bits per heavy atom. The van der Waals surface area contributed by atoms with E-state index in [0.717, 1.165) is 21.4 Å². The Hall–Kier alpha value is -3.63. The number of aromatic amines is 1. The highest BCUT2D eigenvalue weighted by molar-refractivity contribution is 6.30. The van der Waals surface area contributed by atoms with Gasteiger partial charge >= 0.3 is 17.3 Å². The molecule has 1 atom stereocenters. The molecule has 11 heteroatoms. The maximum absolute atomic E-state index is 13.4. The molecule has 3 aromatic rings. The molecule has 2 aromatic carbocycles. The molecule has 10 nitrogen and oxygen atoms in total. The second-order valence-corrected chi connectivity index (χ2v) is 9.23. The number of H-pyrrole nitrogens is 1. The van der Waals surface area contributed by atoms with Crippen molar-refractivity contribution in [2.75, 3.05) is 5.01 Å². The number of carboxylic acid groups (broad SMARTS) is 1. The monoisotopic (exact) mass is 498 g/mol. The van der Waals surface area contributed by atoms with Crippen LogP contribution in [0.25, 0.3) is 0 Å². The number of carbonyl (C=O) groups is 1. The van der Waals surface area contributed by atoms with Crippen molar-refractivity contribution < 1.29 is 9.90 Å². The molecular formula is C24H27ClN6O4. The van der Waals surface area contributed by atoms with Crippen molar-refractivity contribution in [3.05, 3.63) is 85.2 Å². The number of halogens is 1. The Labute approximate surface area is 206 Å². The smallest absolute Gasteiger partial charge is 0.335 e. The minimum Gasteiger partial charge on any atom is -0.481 e. The number of rotatable bonds is 7. The lowest BCUT2D eigenvalue weighted by Gasteiger charge is -2.23. The standard InChI is InChI=1S/C24H27ClN6O4/c1-14(2)31-20-9-8-19(11-17(20)12-26-31)27-22-28-23(34)30(15(3)10-21(32)33)24(35)29(22)13-16-4-6-18(25)7-5-16/h4-9,11,14-15,26H,10,12-13H2,1-3H3,(H,32,33)(H,27,28,34)/t15-/m0/s1. The zero-order chi connectivity index (χ0) is 25.3. The van der Waals surface area contributed by atoms with Crippen LogP contribution in [0.4, 0.5) is 11.4 Å². The van der Waals surface area contributed by atoms with Crippen molar-refractivity contribution in [1.29, 1.82) is 0 Å². The molecule has 0 radical (unpaired) electrons. The zero-order valence-corrected chi connectivity index (χ0v) is 20.4. The molecule has 1 aliphatic heterocycles. The molecule has 0 spiro atoms. The molecule has 0 amide bonds. The van der Waals surface area contributed by atoms with Gasteiger partial charge in [0.05, 0.1) is 30.4 Å². The second-order valence-electron chi connectivity index (χ2n) is 8.79. The summed E-state index contributed by atoms with van der Waals surface area (Å²) in [7, 11) is 0. The van der Waals surface area contributed by atoms with Gasteiger partial charge in [-0.25, -0.2) is 24.6 Å². The number of hydrazine groups is 1. The third-order valence-corrected chi connectivity index (χ3v) is 6.06. The molecule has 4 rings (SSSR count). The van der Waals surface area contributed by atoms with E-state index in [1.54, 1.807) is 24.3 Å². The maximum Gasteiger partial charge on any atom is 0.335 e. The Morgan fingerprint density at radius 1 is 1.14 bits per heavy atom. The Morgan fingerprint density at radius 3 is 2.51 bits per heavy atom. The number of hydrogen-bond donors (Lipinski definition) is 3. The summed E-state index contributed by atoms with van der Waals surface area (Å²) in [4.78, 5) is 44.7. The predicted octanol–water partition coefficient (Wildman–Crippen LogP) is 2.54. The van der Waals surface area contributed by atoms with E-state index in [4.69, 9.17) is 16.7 Å². The number of hydrogen-bond acceptors (Lipinski definition) is 6. The summed E-state index contributed by atoms with van der Waals surface area (Å²) >= 11 is 5.99.